The van der Waals surface area contributed by atoms with Crippen LogP contribution in [0.1, 0.15) is 12.0 Å². The van der Waals surface area contributed by atoms with Gasteiger partial charge in [0.2, 0.25) is 0 Å². The van der Waals surface area contributed by atoms with Crippen LogP contribution < -0.4 is 29.7 Å². The molecule has 9 nitrogen and oxygen atoms in total. The SMILES string of the molecule is COc1ccc(N2CCN(CCCNC(=O)C(=O)Nc3cc(OC)c(OC)cc3C)CC2)cc1. The third-order valence-electron chi connectivity index (χ3n) is 5.93. The topological polar surface area (TPSA) is 92.4 Å². The van der Waals surface area contributed by atoms with Crippen molar-refractivity contribution < 1.29 is 23.8 Å². The summed E-state index contributed by atoms with van der Waals surface area (Å²) in [6.45, 7) is 6.95. The highest BCUT2D eigenvalue weighted by molar-refractivity contribution is 6.39. The molecule has 0 spiro atoms. The summed E-state index contributed by atoms with van der Waals surface area (Å²) in [6, 6.07) is 11.5. The Hall–Kier alpha value is -3.46. The Kier molecular flexibility index (Phi) is 8.98. The molecule has 2 aromatic carbocycles. The van der Waals surface area contributed by atoms with E-state index in [4.69, 9.17) is 14.2 Å². The standard InChI is InChI=1S/C25H34N4O5/c1-18-16-22(33-3)23(34-4)17-21(18)27-25(31)24(30)26-10-5-11-28-12-14-29(15-13-28)19-6-8-20(32-2)9-7-19/h6-9,16-17H,5,10-15H2,1-4H3,(H,26,30)(H,27,31). The van der Waals surface area contributed by atoms with Gasteiger partial charge < -0.3 is 29.7 Å². The van der Waals surface area contributed by atoms with Crippen LogP contribution in [0.2, 0.25) is 0 Å². The number of carbonyl (C=O) groups is 2. The average Bonchev–Trinajstić information content (AvgIpc) is 2.87. The first-order chi connectivity index (χ1) is 16.4. The number of amides is 2. The number of nitrogens with one attached hydrogen (secondary N) is 2. The minimum atomic E-state index is -0.705. The van der Waals surface area contributed by atoms with E-state index in [2.05, 4.69) is 32.6 Å². The molecular formula is C25H34N4O5. The molecule has 0 unspecified atom stereocenters. The Morgan fingerprint density at radius 3 is 2.15 bits per heavy atom. The third kappa shape index (κ3) is 6.54. The average molecular weight is 471 g/mol. The summed E-state index contributed by atoms with van der Waals surface area (Å²) in [5, 5.41) is 5.35. The largest absolute Gasteiger partial charge is 0.497 e. The summed E-state index contributed by atoms with van der Waals surface area (Å²) in [5.41, 5.74) is 2.48. The van der Waals surface area contributed by atoms with Crippen molar-refractivity contribution in [2.24, 2.45) is 0 Å². The van der Waals surface area contributed by atoms with Gasteiger partial charge in [0.1, 0.15) is 5.75 Å². The van der Waals surface area contributed by atoms with Crippen molar-refractivity contribution in [1.82, 2.24) is 10.2 Å². The second-order valence-corrected chi connectivity index (χ2v) is 8.11. The molecule has 3 rings (SSSR count). The molecule has 2 N–H and O–H groups in total. The molecule has 1 aliphatic heterocycles. The second-order valence-electron chi connectivity index (χ2n) is 8.11. The van der Waals surface area contributed by atoms with E-state index in [9.17, 15) is 9.59 Å². The summed E-state index contributed by atoms with van der Waals surface area (Å²) in [6.07, 6.45) is 0.775. The summed E-state index contributed by atoms with van der Waals surface area (Å²) in [5.74, 6) is 0.544. The number of piperazine rings is 1. The molecule has 9 heteroatoms. The number of methoxy groups -OCH3 is 3. The van der Waals surface area contributed by atoms with E-state index in [1.807, 2.05) is 19.1 Å². The molecule has 2 amide bonds. The first-order valence-electron chi connectivity index (χ1n) is 11.4. The molecule has 0 bridgehead atoms. The van der Waals surface area contributed by atoms with E-state index >= 15 is 0 Å². The number of ether oxygens (including phenoxy) is 3. The third-order valence-corrected chi connectivity index (χ3v) is 5.93. The van der Waals surface area contributed by atoms with Gasteiger partial charge in [-0.05, 0) is 55.8 Å². The van der Waals surface area contributed by atoms with Crippen LogP contribution in [0, 0.1) is 6.92 Å². The zero-order chi connectivity index (χ0) is 24.5. The van der Waals surface area contributed by atoms with Crippen molar-refractivity contribution in [2.45, 2.75) is 13.3 Å². The Balaban J connectivity index is 1.37. The molecule has 34 heavy (non-hydrogen) atoms. The maximum absolute atomic E-state index is 12.3. The number of hydrogen-bond acceptors (Lipinski definition) is 7. The van der Waals surface area contributed by atoms with Crippen molar-refractivity contribution in [1.29, 1.82) is 0 Å². The lowest BCUT2D eigenvalue weighted by Gasteiger charge is -2.36. The van der Waals surface area contributed by atoms with Gasteiger partial charge in [0.05, 0.1) is 21.3 Å². The van der Waals surface area contributed by atoms with Gasteiger partial charge >= 0.3 is 11.8 Å². The second kappa shape index (κ2) is 12.1. The number of benzene rings is 2. The number of rotatable bonds is 9. The van der Waals surface area contributed by atoms with Gasteiger partial charge in [0.15, 0.2) is 11.5 Å². The Morgan fingerprint density at radius 2 is 1.53 bits per heavy atom. The Labute approximate surface area is 201 Å². The molecule has 0 saturated carbocycles. The predicted molar refractivity (Wildman–Crippen MR) is 132 cm³/mol. The highest BCUT2D eigenvalue weighted by atomic mass is 16.5. The molecule has 1 heterocycles. The fraction of sp³-hybridized carbons (Fsp3) is 0.440. The van der Waals surface area contributed by atoms with E-state index in [1.165, 1.54) is 12.8 Å². The monoisotopic (exact) mass is 470 g/mol. The fourth-order valence-corrected chi connectivity index (χ4v) is 3.90. The molecular weight excluding hydrogens is 436 g/mol. The lowest BCUT2D eigenvalue weighted by Crippen LogP contribution is -2.47. The van der Waals surface area contributed by atoms with Gasteiger partial charge in [0.25, 0.3) is 0 Å². The van der Waals surface area contributed by atoms with Crippen LogP contribution in [0.5, 0.6) is 17.2 Å². The number of aryl methyl sites for hydroxylation is 1. The number of nitrogens with zero attached hydrogens (tertiary/aromatic N) is 2. The summed E-state index contributed by atoms with van der Waals surface area (Å²) in [4.78, 5) is 29.3. The molecule has 0 atom stereocenters. The van der Waals surface area contributed by atoms with Crippen LogP contribution in [-0.4, -0.2) is 77.3 Å². The van der Waals surface area contributed by atoms with E-state index in [0.29, 0.717) is 23.7 Å². The van der Waals surface area contributed by atoms with Gasteiger partial charge in [0, 0.05) is 50.2 Å². The molecule has 1 aliphatic rings. The van der Waals surface area contributed by atoms with Gasteiger partial charge in [-0.2, -0.15) is 0 Å². The van der Waals surface area contributed by atoms with Crippen LogP contribution >= 0.6 is 0 Å². The fourth-order valence-electron chi connectivity index (χ4n) is 3.90. The summed E-state index contributed by atoms with van der Waals surface area (Å²) in [7, 11) is 4.73. The van der Waals surface area contributed by atoms with Crippen LogP contribution in [0.25, 0.3) is 0 Å². The van der Waals surface area contributed by atoms with Gasteiger partial charge in [-0.15, -0.1) is 0 Å². The normalized spacial score (nSPS) is 13.8. The van der Waals surface area contributed by atoms with Gasteiger partial charge in [-0.1, -0.05) is 0 Å². The molecule has 184 valence electrons. The van der Waals surface area contributed by atoms with Crippen LogP contribution in [0.15, 0.2) is 36.4 Å². The Bertz CT molecular complexity index is 972. The summed E-state index contributed by atoms with van der Waals surface area (Å²) >= 11 is 0. The molecule has 1 saturated heterocycles. The quantitative estimate of drug-likeness (QED) is 0.429. The van der Waals surface area contributed by atoms with E-state index in [0.717, 1.165) is 50.5 Å². The lowest BCUT2D eigenvalue weighted by atomic mass is 10.1. The van der Waals surface area contributed by atoms with Crippen LogP contribution in [0.4, 0.5) is 11.4 Å². The smallest absolute Gasteiger partial charge is 0.313 e. The number of carbonyl (C=O) groups excluding carboxylic acids is 2. The van der Waals surface area contributed by atoms with E-state index in [1.54, 1.807) is 26.4 Å². The Morgan fingerprint density at radius 1 is 0.882 bits per heavy atom. The number of anilines is 2. The minimum absolute atomic E-state index is 0.440. The zero-order valence-electron chi connectivity index (χ0n) is 20.3. The zero-order valence-corrected chi connectivity index (χ0v) is 20.3. The molecule has 0 aromatic heterocycles. The van der Waals surface area contributed by atoms with Crippen molar-refractivity contribution in [3.63, 3.8) is 0 Å². The van der Waals surface area contributed by atoms with Crippen LogP contribution in [0.3, 0.4) is 0 Å². The van der Waals surface area contributed by atoms with E-state index < -0.39 is 11.8 Å². The molecule has 0 aliphatic carbocycles. The molecule has 0 radical (unpaired) electrons. The highest BCUT2D eigenvalue weighted by Gasteiger charge is 2.19. The lowest BCUT2D eigenvalue weighted by molar-refractivity contribution is -0.136. The van der Waals surface area contributed by atoms with Crippen molar-refractivity contribution >= 4 is 23.2 Å². The van der Waals surface area contributed by atoms with Gasteiger partial charge in [-0.3, -0.25) is 14.5 Å². The van der Waals surface area contributed by atoms with E-state index in [-0.39, 0.29) is 0 Å². The van der Waals surface area contributed by atoms with Crippen molar-refractivity contribution in [2.75, 3.05) is 70.8 Å². The molecule has 2 aromatic rings. The molecule has 1 fully saturated rings. The first kappa shape index (κ1) is 25.2. The van der Waals surface area contributed by atoms with Crippen molar-refractivity contribution in [3.05, 3.63) is 42.0 Å². The maximum atomic E-state index is 12.3. The highest BCUT2D eigenvalue weighted by Crippen LogP contribution is 2.32. The summed E-state index contributed by atoms with van der Waals surface area (Å²) < 4.78 is 15.7. The first-order valence-corrected chi connectivity index (χ1v) is 11.4. The number of hydrogen-bond donors (Lipinski definition) is 2. The van der Waals surface area contributed by atoms with Crippen LogP contribution in [-0.2, 0) is 9.59 Å². The predicted octanol–water partition coefficient (Wildman–Crippen LogP) is 2.29. The van der Waals surface area contributed by atoms with Gasteiger partial charge in [-0.25, -0.2) is 0 Å². The minimum Gasteiger partial charge on any atom is -0.497 e. The van der Waals surface area contributed by atoms with Crippen molar-refractivity contribution in [3.8, 4) is 17.2 Å². The maximum Gasteiger partial charge on any atom is 0.313 e.